The van der Waals surface area contributed by atoms with Gasteiger partial charge in [-0.1, -0.05) is 109 Å². The Balaban J connectivity index is 1.10. The molecular formula is C41H35N3O5. The van der Waals surface area contributed by atoms with Crippen molar-refractivity contribution in [2.24, 2.45) is 0 Å². The molecule has 8 nitrogen and oxygen atoms in total. The standard InChI is InChI=1S/C41H35N3O5/c45-39(32-14-5-2-6-15-32)34-16-8-10-18-36(34)43-38(41(47)48)27-29-19-22-33(23-20-29)49-26-25-44(28-30-11-3-1-4-12-30)40(46)37-24-21-31-13-7-9-17-35(31)42-37/h1-24,38,43H,25-28H2,(H,47,48). The first-order valence-electron chi connectivity index (χ1n) is 16.0. The van der Waals surface area contributed by atoms with Crippen LogP contribution in [-0.2, 0) is 17.8 Å². The van der Waals surface area contributed by atoms with E-state index < -0.39 is 12.0 Å². The molecular weight excluding hydrogens is 614 g/mol. The zero-order chi connectivity index (χ0) is 34.0. The minimum atomic E-state index is -1.04. The van der Waals surface area contributed by atoms with Crippen LogP contribution in [0.25, 0.3) is 10.9 Å². The third kappa shape index (κ3) is 8.36. The summed E-state index contributed by atoms with van der Waals surface area (Å²) in [6.07, 6.45) is 0.182. The normalized spacial score (nSPS) is 11.4. The summed E-state index contributed by atoms with van der Waals surface area (Å²) in [5.41, 5.74) is 4.29. The highest BCUT2D eigenvalue weighted by molar-refractivity contribution is 6.12. The monoisotopic (exact) mass is 649 g/mol. The number of anilines is 1. The number of aromatic nitrogens is 1. The summed E-state index contributed by atoms with van der Waals surface area (Å²) in [7, 11) is 0. The quantitative estimate of drug-likeness (QED) is 0.119. The van der Waals surface area contributed by atoms with Gasteiger partial charge in [-0.3, -0.25) is 9.59 Å². The van der Waals surface area contributed by atoms with Crippen molar-refractivity contribution in [3.8, 4) is 5.75 Å². The van der Waals surface area contributed by atoms with E-state index in [1.54, 1.807) is 71.6 Å². The molecule has 1 aromatic heterocycles. The number of hydrogen-bond donors (Lipinski definition) is 2. The lowest BCUT2D eigenvalue weighted by atomic mass is 10.00. The van der Waals surface area contributed by atoms with E-state index in [0.29, 0.717) is 41.3 Å². The number of hydrogen-bond acceptors (Lipinski definition) is 6. The molecule has 2 N–H and O–H groups in total. The van der Waals surface area contributed by atoms with Gasteiger partial charge in [0, 0.05) is 35.2 Å². The first kappa shape index (κ1) is 32.7. The molecule has 6 rings (SSSR count). The van der Waals surface area contributed by atoms with Gasteiger partial charge in [0.05, 0.1) is 12.1 Å². The molecule has 0 aliphatic rings. The van der Waals surface area contributed by atoms with Crippen molar-refractivity contribution in [1.29, 1.82) is 0 Å². The van der Waals surface area contributed by atoms with Crippen molar-refractivity contribution in [3.05, 3.63) is 174 Å². The van der Waals surface area contributed by atoms with Crippen molar-refractivity contribution < 1.29 is 24.2 Å². The summed E-state index contributed by atoms with van der Waals surface area (Å²) in [6.45, 7) is 0.979. The molecule has 0 saturated heterocycles. The van der Waals surface area contributed by atoms with Crippen LogP contribution in [0.5, 0.6) is 5.75 Å². The molecule has 244 valence electrons. The van der Waals surface area contributed by atoms with Crippen LogP contribution in [0.4, 0.5) is 5.69 Å². The molecule has 49 heavy (non-hydrogen) atoms. The second-order valence-corrected chi connectivity index (χ2v) is 11.6. The number of amides is 1. The van der Waals surface area contributed by atoms with E-state index >= 15 is 0 Å². The number of nitrogens with one attached hydrogen (secondary N) is 1. The van der Waals surface area contributed by atoms with Crippen molar-refractivity contribution in [2.45, 2.75) is 19.0 Å². The lowest BCUT2D eigenvalue weighted by molar-refractivity contribution is -0.137. The average molecular weight is 650 g/mol. The van der Waals surface area contributed by atoms with Crippen LogP contribution in [0.2, 0.25) is 0 Å². The fraction of sp³-hybridized carbons (Fsp3) is 0.122. The van der Waals surface area contributed by atoms with Gasteiger partial charge in [0.25, 0.3) is 5.91 Å². The van der Waals surface area contributed by atoms with E-state index in [2.05, 4.69) is 10.3 Å². The lowest BCUT2D eigenvalue weighted by Gasteiger charge is -2.23. The Bertz CT molecular complexity index is 2050. The molecule has 0 spiro atoms. The number of carboxylic acid groups (broad SMARTS) is 1. The van der Waals surface area contributed by atoms with E-state index in [4.69, 9.17) is 4.74 Å². The number of carbonyl (C=O) groups excluding carboxylic acids is 2. The van der Waals surface area contributed by atoms with Gasteiger partial charge in [-0.05, 0) is 47.5 Å². The number of benzene rings is 5. The number of ketones is 1. The number of nitrogens with zero attached hydrogens (tertiary/aromatic N) is 2. The van der Waals surface area contributed by atoms with Gasteiger partial charge in [-0.15, -0.1) is 0 Å². The topological polar surface area (TPSA) is 109 Å². The fourth-order valence-corrected chi connectivity index (χ4v) is 5.57. The maximum atomic E-state index is 13.6. The molecule has 8 heteroatoms. The third-order valence-corrected chi connectivity index (χ3v) is 8.15. The maximum absolute atomic E-state index is 13.6. The zero-order valence-corrected chi connectivity index (χ0v) is 26.7. The molecule has 0 fully saturated rings. The number of ether oxygens (including phenoxy) is 1. The maximum Gasteiger partial charge on any atom is 0.326 e. The second kappa shape index (κ2) is 15.5. The third-order valence-electron chi connectivity index (χ3n) is 8.15. The van der Waals surface area contributed by atoms with Gasteiger partial charge in [0.1, 0.15) is 24.1 Å². The highest BCUT2D eigenvalue weighted by Gasteiger charge is 2.22. The van der Waals surface area contributed by atoms with Crippen molar-refractivity contribution in [2.75, 3.05) is 18.5 Å². The Hall–Kier alpha value is -6.28. The van der Waals surface area contributed by atoms with Crippen LogP contribution in [0.1, 0.15) is 37.5 Å². The summed E-state index contributed by atoms with van der Waals surface area (Å²) >= 11 is 0. The Morgan fingerprint density at radius 2 is 1.39 bits per heavy atom. The number of pyridine rings is 1. The Kier molecular flexibility index (Phi) is 10.4. The van der Waals surface area contributed by atoms with Gasteiger partial charge >= 0.3 is 5.97 Å². The lowest BCUT2D eigenvalue weighted by Crippen LogP contribution is -2.34. The van der Waals surface area contributed by atoms with E-state index in [1.807, 2.05) is 78.9 Å². The molecule has 0 saturated carbocycles. The predicted octanol–water partition coefficient (Wildman–Crippen LogP) is 7.30. The van der Waals surface area contributed by atoms with Crippen molar-refractivity contribution in [3.63, 3.8) is 0 Å². The van der Waals surface area contributed by atoms with E-state index in [9.17, 15) is 19.5 Å². The molecule has 1 atom stereocenters. The molecule has 1 heterocycles. The number of para-hydroxylation sites is 2. The summed E-state index contributed by atoms with van der Waals surface area (Å²) in [5.74, 6) is -0.815. The largest absolute Gasteiger partial charge is 0.492 e. The summed E-state index contributed by atoms with van der Waals surface area (Å²) in [6, 6.07) is 43.2. The fourth-order valence-electron chi connectivity index (χ4n) is 5.57. The van der Waals surface area contributed by atoms with E-state index in [0.717, 1.165) is 22.0 Å². The van der Waals surface area contributed by atoms with Crippen LogP contribution >= 0.6 is 0 Å². The number of carbonyl (C=O) groups is 3. The number of fused-ring (bicyclic) bond motifs is 1. The molecule has 1 unspecified atom stereocenters. The molecule has 5 aromatic carbocycles. The van der Waals surface area contributed by atoms with Crippen molar-refractivity contribution >= 4 is 34.3 Å². The van der Waals surface area contributed by atoms with Crippen LogP contribution in [0, 0.1) is 0 Å². The van der Waals surface area contributed by atoms with Crippen LogP contribution < -0.4 is 10.1 Å². The molecule has 0 aliphatic heterocycles. The SMILES string of the molecule is O=C(c1ccccc1)c1ccccc1NC(Cc1ccc(OCCN(Cc2ccccc2)C(=O)c2ccc3ccccc3n2)cc1)C(=O)O. The van der Waals surface area contributed by atoms with Gasteiger partial charge in [0.15, 0.2) is 5.78 Å². The minimum absolute atomic E-state index is 0.182. The Morgan fingerprint density at radius 3 is 2.14 bits per heavy atom. The Morgan fingerprint density at radius 1 is 0.714 bits per heavy atom. The van der Waals surface area contributed by atoms with Gasteiger partial charge < -0.3 is 20.1 Å². The number of aliphatic carboxylic acids is 1. The first-order chi connectivity index (χ1) is 23.9. The van der Waals surface area contributed by atoms with E-state index in [-0.39, 0.29) is 24.7 Å². The minimum Gasteiger partial charge on any atom is -0.492 e. The van der Waals surface area contributed by atoms with Gasteiger partial charge in [0.2, 0.25) is 0 Å². The molecule has 0 radical (unpaired) electrons. The molecule has 0 bridgehead atoms. The summed E-state index contributed by atoms with van der Waals surface area (Å²) < 4.78 is 6.03. The predicted molar refractivity (Wildman–Crippen MR) is 190 cm³/mol. The average Bonchev–Trinajstić information content (AvgIpc) is 3.15. The highest BCUT2D eigenvalue weighted by Crippen LogP contribution is 2.22. The second-order valence-electron chi connectivity index (χ2n) is 11.6. The van der Waals surface area contributed by atoms with Crippen molar-refractivity contribution in [1.82, 2.24) is 9.88 Å². The Labute approximate surface area is 284 Å². The van der Waals surface area contributed by atoms with Gasteiger partial charge in [-0.25, -0.2) is 9.78 Å². The van der Waals surface area contributed by atoms with Gasteiger partial charge in [-0.2, -0.15) is 0 Å². The van der Waals surface area contributed by atoms with E-state index in [1.165, 1.54) is 0 Å². The van der Waals surface area contributed by atoms with Crippen LogP contribution in [0.3, 0.4) is 0 Å². The zero-order valence-electron chi connectivity index (χ0n) is 26.7. The number of carboxylic acids is 1. The van der Waals surface area contributed by atoms with Crippen LogP contribution in [0.15, 0.2) is 146 Å². The number of rotatable bonds is 14. The van der Waals surface area contributed by atoms with Crippen LogP contribution in [-0.4, -0.2) is 51.8 Å². The molecule has 1 amide bonds. The summed E-state index contributed by atoms with van der Waals surface area (Å²) in [4.78, 5) is 45.4. The highest BCUT2D eigenvalue weighted by atomic mass is 16.5. The first-order valence-corrected chi connectivity index (χ1v) is 16.0. The summed E-state index contributed by atoms with van der Waals surface area (Å²) in [5, 5.41) is 14.1. The molecule has 6 aromatic rings. The smallest absolute Gasteiger partial charge is 0.326 e. The molecule has 0 aliphatic carbocycles.